The molecule has 0 aliphatic heterocycles. The first-order valence-electron chi connectivity index (χ1n) is 8.31. The number of nitrogens with one attached hydrogen (secondary N) is 2. The number of carbonyl (C=O) groups excluding carboxylic acids is 1. The first-order chi connectivity index (χ1) is 12.3. The van der Waals surface area contributed by atoms with Crippen LogP contribution in [0.5, 0.6) is 0 Å². The third kappa shape index (κ3) is 4.27. The summed E-state index contributed by atoms with van der Waals surface area (Å²) in [5.41, 5.74) is 1.91. The zero-order chi connectivity index (χ0) is 18.7. The number of amides is 1. The van der Waals surface area contributed by atoms with Crippen LogP contribution >= 0.6 is 0 Å². The van der Waals surface area contributed by atoms with Crippen molar-refractivity contribution in [2.45, 2.75) is 39.8 Å². The van der Waals surface area contributed by atoms with Gasteiger partial charge in [0.05, 0.1) is 0 Å². The lowest BCUT2D eigenvalue weighted by Gasteiger charge is -2.19. The van der Waals surface area contributed by atoms with Gasteiger partial charge < -0.3 is 15.4 Å². The number of benzene rings is 1. The fourth-order valence-electron chi connectivity index (χ4n) is 2.41. The van der Waals surface area contributed by atoms with Crippen molar-refractivity contribution in [2.75, 3.05) is 5.32 Å². The summed E-state index contributed by atoms with van der Waals surface area (Å²) in [6.07, 6.45) is 3.07. The first-order valence-corrected chi connectivity index (χ1v) is 8.31. The van der Waals surface area contributed by atoms with E-state index in [2.05, 4.69) is 25.8 Å². The van der Waals surface area contributed by atoms with Crippen LogP contribution in [-0.2, 0) is 11.3 Å². The quantitative estimate of drug-likeness (QED) is 0.747. The molecule has 8 heteroatoms. The molecule has 136 valence electrons. The molecule has 0 aliphatic carbocycles. The largest absolute Gasteiger partial charge is 0.444 e. The number of hydrogen-bond donors (Lipinski definition) is 2. The summed E-state index contributed by atoms with van der Waals surface area (Å²) in [7, 11) is 0. The normalized spacial score (nSPS) is 11.4. The summed E-state index contributed by atoms with van der Waals surface area (Å²) in [6.45, 7) is 7.74. The summed E-state index contributed by atoms with van der Waals surface area (Å²) < 4.78 is 7.11. The van der Waals surface area contributed by atoms with Gasteiger partial charge in [0.2, 0.25) is 5.65 Å². The number of ether oxygens (including phenoxy) is 1. The molecule has 0 bridgehead atoms. The lowest BCUT2D eigenvalue weighted by molar-refractivity contribution is 0.0523. The van der Waals surface area contributed by atoms with Crippen molar-refractivity contribution >= 4 is 23.2 Å². The second kappa shape index (κ2) is 6.99. The van der Waals surface area contributed by atoms with Crippen molar-refractivity contribution in [3.05, 3.63) is 48.0 Å². The molecule has 2 heterocycles. The van der Waals surface area contributed by atoms with Crippen molar-refractivity contribution in [1.29, 1.82) is 0 Å². The second-order valence-corrected chi connectivity index (χ2v) is 6.90. The molecule has 1 aromatic carbocycles. The van der Waals surface area contributed by atoms with E-state index in [-0.39, 0.29) is 0 Å². The molecule has 3 aromatic rings. The van der Waals surface area contributed by atoms with Gasteiger partial charge >= 0.3 is 6.09 Å². The minimum atomic E-state index is -0.520. The van der Waals surface area contributed by atoms with E-state index in [0.717, 1.165) is 17.1 Å². The molecule has 0 unspecified atom stereocenters. The highest BCUT2D eigenvalue weighted by molar-refractivity contribution is 5.70. The smallest absolute Gasteiger partial charge is 0.407 e. The standard InChI is InChI=1S/C18H22N6O2/c1-12-22-23-16-15(19-8-9-24(12)16)21-14-7-5-6-13(10-14)11-20-17(25)26-18(2,3)4/h5-10H,11H2,1-4H3,(H,19,21)(H,20,25). The van der Waals surface area contributed by atoms with Gasteiger partial charge in [-0.25, -0.2) is 9.78 Å². The maximum atomic E-state index is 11.8. The molecule has 0 saturated carbocycles. The van der Waals surface area contributed by atoms with Gasteiger partial charge in [-0.15, -0.1) is 10.2 Å². The molecule has 3 rings (SSSR count). The van der Waals surface area contributed by atoms with Gasteiger partial charge in [0, 0.05) is 24.6 Å². The van der Waals surface area contributed by atoms with E-state index in [4.69, 9.17) is 4.74 Å². The Hall–Kier alpha value is -3.16. The van der Waals surface area contributed by atoms with E-state index in [1.165, 1.54) is 0 Å². The number of nitrogens with zero attached hydrogens (tertiary/aromatic N) is 4. The van der Waals surface area contributed by atoms with Crippen molar-refractivity contribution in [2.24, 2.45) is 0 Å². The van der Waals surface area contributed by atoms with Crippen LogP contribution in [-0.4, -0.2) is 31.3 Å². The molecule has 26 heavy (non-hydrogen) atoms. The van der Waals surface area contributed by atoms with Crippen molar-refractivity contribution < 1.29 is 9.53 Å². The molecule has 0 fully saturated rings. The van der Waals surface area contributed by atoms with Crippen LogP contribution in [0.3, 0.4) is 0 Å². The summed E-state index contributed by atoms with van der Waals surface area (Å²) in [4.78, 5) is 16.1. The maximum absolute atomic E-state index is 11.8. The lowest BCUT2D eigenvalue weighted by Crippen LogP contribution is -2.32. The van der Waals surface area contributed by atoms with Crippen molar-refractivity contribution in [3.8, 4) is 0 Å². The molecule has 0 atom stereocenters. The highest BCUT2D eigenvalue weighted by atomic mass is 16.6. The van der Waals surface area contributed by atoms with Crippen LogP contribution < -0.4 is 10.6 Å². The van der Waals surface area contributed by atoms with Crippen LogP contribution in [0.2, 0.25) is 0 Å². The van der Waals surface area contributed by atoms with Gasteiger partial charge in [0.1, 0.15) is 11.4 Å². The van der Waals surface area contributed by atoms with Crippen molar-refractivity contribution in [1.82, 2.24) is 24.9 Å². The van der Waals surface area contributed by atoms with E-state index < -0.39 is 11.7 Å². The molecule has 1 amide bonds. The molecule has 8 nitrogen and oxygen atoms in total. The number of fused-ring (bicyclic) bond motifs is 1. The highest BCUT2D eigenvalue weighted by Gasteiger charge is 2.15. The number of anilines is 2. The zero-order valence-corrected chi connectivity index (χ0v) is 15.3. The average Bonchev–Trinajstić information content (AvgIpc) is 2.94. The van der Waals surface area contributed by atoms with Gasteiger partial charge in [-0.3, -0.25) is 4.40 Å². The second-order valence-electron chi connectivity index (χ2n) is 6.90. The number of hydrogen-bond acceptors (Lipinski definition) is 6. The Morgan fingerprint density at radius 2 is 2.08 bits per heavy atom. The monoisotopic (exact) mass is 354 g/mol. The number of aromatic nitrogens is 4. The molecule has 2 aromatic heterocycles. The summed E-state index contributed by atoms with van der Waals surface area (Å²) in [5.74, 6) is 1.41. The van der Waals surface area contributed by atoms with Crippen molar-refractivity contribution in [3.63, 3.8) is 0 Å². The molecule has 0 aliphatic rings. The minimum Gasteiger partial charge on any atom is -0.444 e. The Kier molecular flexibility index (Phi) is 4.75. The average molecular weight is 354 g/mol. The zero-order valence-electron chi connectivity index (χ0n) is 15.3. The maximum Gasteiger partial charge on any atom is 0.407 e. The van der Waals surface area contributed by atoms with Gasteiger partial charge in [-0.2, -0.15) is 0 Å². The number of alkyl carbamates (subject to hydrolysis) is 1. The van der Waals surface area contributed by atoms with Gasteiger partial charge in [-0.1, -0.05) is 12.1 Å². The van der Waals surface area contributed by atoms with Crippen LogP contribution in [0.4, 0.5) is 16.3 Å². The first kappa shape index (κ1) is 17.7. The Morgan fingerprint density at radius 3 is 2.85 bits per heavy atom. The van der Waals surface area contributed by atoms with Crippen LogP contribution in [0, 0.1) is 6.92 Å². The van der Waals surface area contributed by atoms with Gasteiger partial charge in [0.25, 0.3) is 0 Å². The third-order valence-corrected chi connectivity index (χ3v) is 3.52. The topological polar surface area (TPSA) is 93.4 Å². The van der Waals surface area contributed by atoms with E-state index in [1.807, 2.05) is 62.6 Å². The minimum absolute atomic E-state index is 0.367. The summed E-state index contributed by atoms with van der Waals surface area (Å²) >= 11 is 0. The highest BCUT2D eigenvalue weighted by Crippen LogP contribution is 2.19. The van der Waals surface area contributed by atoms with Crippen LogP contribution in [0.1, 0.15) is 32.2 Å². The molecular formula is C18H22N6O2. The van der Waals surface area contributed by atoms with E-state index in [0.29, 0.717) is 18.0 Å². The molecule has 0 radical (unpaired) electrons. The molecular weight excluding hydrogens is 332 g/mol. The predicted molar refractivity (Wildman–Crippen MR) is 98.3 cm³/mol. The molecule has 0 spiro atoms. The Labute approximate surface area is 151 Å². The van der Waals surface area contributed by atoms with E-state index >= 15 is 0 Å². The summed E-state index contributed by atoms with van der Waals surface area (Å²) in [5, 5.41) is 14.2. The summed E-state index contributed by atoms with van der Waals surface area (Å²) in [6, 6.07) is 7.69. The van der Waals surface area contributed by atoms with Crippen LogP contribution in [0.25, 0.3) is 5.65 Å². The van der Waals surface area contributed by atoms with Gasteiger partial charge in [-0.05, 0) is 45.4 Å². The van der Waals surface area contributed by atoms with Crippen LogP contribution in [0.15, 0.2) is 36.7 Å². The van der Waals surface area contributed by atoms with Gasteiger partial charge in [0.15, 0.2) is 5.82 Å². The van der Waals surface area contributed by atoms with E-state index in [1.54, 1.807) is 6.20 Å². The Balaban J connectivity index is 1.70. The predicted octanol–water partition coefficient (Wildman–Crippen LogP) is 3.20. The fraction of sp³-hybridized carbons (Fsp3) is 0.333. The van der Waals surface area contributed by atoms with E-state index in [9.17, 15) is 4.79 Å². The third-order valence-electron chi connectivity index (χ3n) is 3.52. The number of rotatable bonds is 4. The Morgan fingerprint density at radius 1 is 1.27 bits per heavy atom. The molecule has 0 saturated heterocycles. The fourth-order valence-corrected chi connectivity index (χ4v) is 2.41. The number of carbonyl (C=O) groups is 1. The SMILES string of the molecule is Cc1nnc2c(Nc3cccc(CNC(=O)OC(C)(C)C)c3)nccn12. The Bertz CT molecular complexity index is 929. The molecule has 2 N–H and O–H groups in total. The lowest BCUT2D eigenvalue weighted by atomic mass is 10.2. The number of aryl methyl sites for hydroxylation is 1.